The molecular weight excluding hydrogens is 436 g/mol. The van der Waals surface area contributed by atoms with Crippen LogP contribution in [0.5, 0.6) is 0 Å². The van der Waals surface area contributed by atoms with Crippen LogP contribution in [0.4, 0.5) is 11.4 Å². The molecular formula is C29H38N4O2. The molecule has 5 rings (SSSR count). The van der Waals surface area contributed by atoms with Crippen molar-refractivity contribution in [2.45, 2.75) is 46.1 Å². The Hall–Kier alpha value is -2.86. The van der Waals surface area contributed by atoms with Crippen LogP contribution >= 0.6 is 0 Å². The fraction of sp³-hybridized carbons (Fsp3) is 0.517. The highest BCUT2D eigenvalue weighted by molar-refractivity contribution is 5.96. The highest BCUT2D eigenvalue weighted by atomic mass is 16.2. The molecule has 6 nitrogen and oxygen atoms in total. The monoisotopic (exact) mass is 474 g/mol. The van der Waals surface area contributed by atoms with Gasteiger partial charge in [-0.2, -0.15) is 0 Å². The maximum Gasteiger partial charge on any atom is 0.254 e. The van der Waals surface area contributed by atoms with Crippen molar-refractivity contribution in [2.75, 3.05) is 49.5 Å². The van der Waals surface area contributed by atoms with Crippen LogP contribution < -0.4 is 10.2 Å². The van der Waals surface area contributed by atoms with Gasteiger partial charge in [0.05, 0.1) is 6.54 Å². The van der Waals surface area contributed by atoms with Crippen molar-refractivity contribution < 1.29 is 9.59 Å². The number of piperazine rings is 1. The molecule has 1 aliphatic carbocycles. The molecule has 2 aromatic carbocycles. The van der Waals surface area contributed by atoms with Gasteiger partial charge in [-0.25, -0.2) is 0 Å². The molecule has 0 aromatic heterocycles. The summed E-state index contributed by atoms with van der Waals surface area (Å²) >= 11 is 0. The molecule has 2 heterocycles. The maximum atomic E-state index is 13.3. The van der Waals surface area contributed by atoms with Crippen LogP contribution in [0.3, 0.4) is 0 Å². The fourth-order valence-electron chi connectivity index (χ4n) is 6.77. The van der Waals surface area contributed by atoms with E-state index in [9.17, 15) is 9.59 Å². The molecule has 2 bridgehead atoms. The summed E-state index contributed by atoms with van der Waals surface area (Å²) < 4.78 is 0. The number of amides is 2. The first-order chi connectivity index (χ1) is 16.7. The molecule has 3 fully saturated rings. The minimum absolute atomic E-state index is 0.0132. The first kappa shape index (κ1) is 23.9. The second kappa shape index (κ2) is 9.30. The molecule has 2 atom stereocenters. The first-order valence-corrected chi connectivity index (χ1v) is 12.9. The standard InChI is InChI=1S/C29H38N4O2/c1-28(2)17-25-18-29(3,20-28)21-33(25)27(35)22-9-11-23(12-10-22)30-26(34)19-31-13-15-32(16-14-31)24-7-5-4-6-8-24/h4-12,25H,13-21H2,1-3H3,(H,30,34). The number of likely N-dealkylation sites (tertiary alicyclic amines) is 1. The van der Waals surface area contributed by atoms with Crippen molar-refractivity contribution in [1.29, 1.82) is 0 Å². The lowest BCUT2D eigenvalue weighted by Crippen LogP contribution is -2.48. The lowest BCUT2D eigenvalue weighted by Gasteiger charge is -2.39. The summed E-state index contributed by atoms with van der Waals surface area (Å²) in [6, 6.07) is 18.2. The van der Waals surface area contributed by atoms with E-state index in [0.717, 1.165) is 51.3 Å². The molecule has 6 heteroatoms. The molecule has 2 aromatic rings. The van der Waals surface area contributed by atoms with Gasteiger partial charge in [0.15, 0.2) is 0 Å². The summed E-state index contributed by atoms with van der Waals surface area (Å²) in [7, 11) is 0. The molecule has 2 saturated heterocycles. The van der Waals surface area contributed by atoms with Gasteiger partial charge in [0.25, 0.3) is 5.91 Å². The van der Waals surface area contributed by atoms with Gasteiger partial charge in [-0.05, 0) is 66.5 Å². The molecule has 186 valence electrons. The zero-order chi connectivity index (χ0) is 24.6. The van der Waals surface area contributed by atoms with E-state index in [0.29, 0.717) is 18.2 Å². The third kappa shape index (κ3) is 5.37. The fourth-order valence-corrected chi connectivity index (χ4v) is 6.77. The van der Waals surface area contributed by atoms with Crippen LogP contribution in [-0.2, 0) is 4.79 Å². The largest absolute Gasteiger partial charge is 0.369 e. The van der Waals surface area contributed by atoms with E-state index in [1.807, 2.05) is 30.3 Å². The van der Waals surface area contributed by atoms with Crippen molar-refractivity contribution in [1.82, 2.24) is 9.80 Å². The number of nitrogens with zero attached hydrogens (tertiary/aromatic N) is 3. The summed E-state index contributed by atoms with van der Waals surface area (Å²) in [5.41, 5.74) is 3.19. The number of fused-ring (bicyclic) bond motifs is 2. The van der Waals surface area contributed by atoms with Gasteiger partial charge >= 0.3 is 0 Å². The highest BCUT2D eigenvalue weighted by Crippen LogP contribution is 2.52. The Kier molecular flexibility index (Phi) is 6.34. The normalized spacial score (nSPS) is 26.0. The Bertz CT molecular complexity index is 1060. The van der Waals surface area contributed by atoms with E-state index in [2.05, 4.69) is 65.1 Å². The molecule has 0 radical (unpaired) electrons. The Morgan fingerprint density at radius 2 is 1.60 bits per heavy atom. The number of anilines is 2. The van der Waals surface area contributed by atoms with E-state index in [1.54, 1.807) is 0 Å². The number of nitrogens with one attached hydrogen (secondary N) is 1. The lowest BCUT2D eigenvalue weighted by atomic mass is 9.65. The summed E-state index contributed by atoms with van der Waals surface area (Å²) in [6.07, 6.45) is 3.35. The van der Waals surface area contributed by atoms with Crippen molar-refractivity contribution in [2.24, 2.45) is 10.8 Å². The quantitative estimate of drug-likeness (QED) is 0.694. The Morgan fingerprint density at radius 1 is 0.914 bits per heavy atom. The van der Waals surface area contributed by atoms with E-state index in [1.165, 1.54) is 12.1 Å². The van der Waals surface area contributed by atoms with Gasteiger partial charge in [-0.3, -0.25) is 14.5 Å². The highest BCUT2D eigenvalue weighted by Gasteiger charge is 2.51. The van der Waals surface area contributed by atoms with Crippen molar-refractivity contribution in [3.8, 4) is 0 Å². The average molecular weight is 475 g/mol. The Morgan fingerprint density at radius 3 is 2.29 bits per heavy atom. The Balaban J connectivity index is 1.12. The van der Waals surface area contributed by atoms with Crippen LogP contribution in [0.2, 0.25) is 0 Å². The predicted molar refractivity (Wildman–Crippen MR) is 141 cm³/mol. The van der Waals surface area contributed by atoms with Crippen molar-refractivity contribution in [3.05, 3.63) is 60.2 Å². The molecule has 2 unspecified atom stereocenters. The first-order valence-electron chi connectivity index (χ1n) is 12.9. The average Bonchev–Trinajstić information content (AvgIpc) is 3.08. The number of benzene rings is 2. The molecule has 2 amide bonds. The second-order valence-electron chi connectivity index (χ2n) is 11.9. The number of rotatable bonds is 5. The zero-order valence-corrected chi connectivity index (χ0v) is 21.3. The van der Waals surface area contributed by atoms with Crippen molar-refractivity contribution in [3.63, 3.8) is 0 Å². The van der Waals surface area contributed by atoms with Crippen LogP contribution in [-0.4, -0.2) is 66.9 Å². The minimum atomic E-state index is -0.0132. The topological polar surface area (TPSA) is 55.9 Å². The minimum Gasteiger partial charge on any atom is -0.369 e. The second-order valence-corrected chi connectivity index (χ2v) is 11.9. The number of para-hydroxylation sites is 1. The number of hydrogen-bond donors (Lipinski definition) is 1. The summed E-state index contributed by atoms with van der Waals surface area (Å²) in [6.45, 7) is 11.8. The summed E-state index contributed by atoms with van der Waals surface area (Å²) in [5, 5.41) is 3.00. The smallest absolute Gasteiger partial charge is 0.254 e. The summed E-state index contributed by atoms with van der Waals surface area (Å²) in [5.74, 6) is 0.103. The van der Waals surface area contributed by atoms with E-state index >= 15 is 0 Å². The Labute approximate surface area is 209 Å². The molecule has 1 saturated carbocycles. The molecule has 3 aliphatic rings. The molecule has 2 aliphatic heterocycles. The number of hydrogen-bond acceptors (Lipinski definition) is 4. The SMILES string of the molecule is CC1(C)CC2CC(C)(CN2C(=O)c2ccc(NC(=O)CN3CCN(c4ccccc4)CC3)cc2)C1. The van der Waals surface area contributed by atoms with Crippen LogP contribution in [0.1, 0.15) is 50.4 Å². The maximum absolute atomic E-state index is 13.3. The third-order valence-electron chi connectivity index (χ3n) is 7.95. The van der Waals surface area contributed by atoms with E-state index in [4.69, 9.17) is 0 Å². The number of carbonyl (C=O) groups is 2. The van der Waals surface area contributed by atoms with E-state index in [-0.39, 0.29) is 22.6 Å². The van der Waals surface area contributed by atoms with Gasteiger partial charge < -0.3 is 15.1 Å². The lowest BCUT2D eigenvalue weighted by molar-refractivity contribution is -0.117. The number of carbonyl (C=O) groups excluding carboxylic acids is 2. The predicted octanol–water partition coefficient (Wildman–Crippen LogP) is 4.49. The molecule has 1 N–H and O–H groups in total. The van der Waals surface area contributed by atoms with Crippen LogP contribution in [0.25, 0.3) is 0 Å². The van der Waals surface area contributed by atoms with Gasteiger partial charge in [0, 0.05) is 55.7 Å². The van der Waals surface area contributed by atoms with Gasteiger partial charge in [-0.1, -0.05) is 39.0 Å². The summed E-state index contributed by atoms with van der Waals surface area (Å²) in [4.78, 5) is 32.6. The third-order valence-corrected chi connectivity index (χ3v) is 7.95. The van der Waals surface area contributed by atoms with Crippen LogP contribution in [0.15, 0.2) is 54.6 Å². The van der Waals surface area contributed by atoms with Gasteiger partial charge in [0.2, 0.25) is 5.91 Å². The molecule has 0 spiro atoms. The van der Waals surface area contributed by atoms with Crippen molar-refractivity contribution >= 4 is 23.2 Å². The zero-order valence-electron chi connectivity index (χ0n) is 21.3. The van der Waals surface area contributed by atoms with Gasteiger partial charge in [-0.15, -0.1) is 0 Å². The van der Waals surface area contributed by atoms with E-state index < -0.39 is 0 Å². The van der Waals surface area contributed by atoms with Crippen LogP contribution in [0, 0.1) is 10.8 Å². The molecule has 35 heavy (non-hydrogen) atoms. The van der Waals surface area contributed by atoms with Gasteiger partial charge in [0.1, 0.15) is 0 Å².